The molecule has 0 atom stereocenters. The maximum atomic E-state index is 5.97. The molecule has 2 aromatic rings. The van der Waals surface area contributed by atoms with Crippen LogP contribution in [0.5, 0.6) is 0 Å². The largest absolute Gasteiger partial charge is 0.265 e. The van der Waals surface area contributed by atoms with Crippen molar-refractivity contribution >= 4 is 23.2 Å². The summed E-state index contributed by atoms with van der Waals surface area (Å²) in [5.74, 6) is 1.21. The average molecular weight is 281 g/mol. The second-order valence-corrected chi connectivity index (χ2v) is 5.45. The summed E-state index contributed by atoms with van der Waals surface area (Å²) in [5.41, 5.74) is 3.71. The summed E-state index contributed by atoms with van der Waals surface area (Å²) in [4.78, 5) is 0. The van der Waals surface area contributed by atoms with E-state index in [-0.39, 0.29) is 0 Å². The maximum Gasteiger partial charge on any atom is 0.0662 e. The summed E-state index contributed by atoms with van der Waals surface area (Å²) in [6.07, 6.45) is 4.42. The molecular weight excluding hydrogens is 267 g/mol. The zero-order chi connectivity index (χ0) is 12.5. The van der Waals surface area contributed by atoms with E-state index in [9.17, 15) is 0 Å². The minimum atomic E-state index is 0.548. The fourth-order valence-corrected chi connectivity index (χ4v) is 2.59. The highest BCUT2D eigenvalue weighted by molar-refractivity contribution is 6.30. The Kier molecular flexibility index (Phi) is 3.31. The van der Waals surface area contributed by atoms with Crippen LogP contribution in [0.2, 0.25) is 5.02 Å². The first-order valence-electron chi connectivity index (χ1n) is 6.13. The van der Waals surface area contributed by atoms with Gasteiger partial charge in [-0.15, -0.1) is 11.6 Å². The Hall–Kier alpha value is -0.990. The van der Waals surface area contributed by atoms with Crippen molar-refractivity contribution in [3.8, 4) is 0 Å². The number of halogens is 2. The fourth-order valence-electron chi connectivity index (χ4n) is 2.25. The third-order valence-electron chi connectivity index (χ3n) is 3.31. The molecule has 2 nitrogen and oxygen atoms in total. The standard InChI is InChI=1S/C14H14Cl2N2/c15-7-12-8-17-18(14(12)11-3-4-11)9-10-1-5-13(16)6-2-10/h1-2,5-6,8,11H,3-4,7,9H2. The lowest BCUT2D eigenvalue weighted by molar-refractivity contribution is 0.645. The first-order chi connectivity index (χ1) is 8.78. The number of alkyl halides is 1. The van der Waals surface area contributed by atoms with E-state index in [1.807, 2.05) is 30.5 Å². The topological polar surface area (TPSA) is 17.8 Å². The van der Waals surface area contributed by atoms with E-state index in [0.717, 1.165) is 11.6 Å². The van der Waals surface area contributed by atoms with Crippen molar-refractivity contribution in [3.05, 3.63) is 52.3 Å². The van der Waals surface area contributed by atoms with Crippen LogP contribution < -0.4 is 0 Å². The Labute approximate surface area is 117 Å². The van der Waals surface area contributed by atoms with Gasteiger partial charge in [0.1, 0.15) is 0 Å². The molecule has 0 radical (unpaired) electrons. The zero-order valence-electron chi connectivity index (χ0n) is 9.94. The Morgan fingerprint density at radius 3 is 2.56 bits per heavy atom. The summed E-state index contributed by atoms with van der Waals surface area (Å²) >= 11 is 11.9. The lowest BCUT2D eigenvalue weighted by Gasteiger charge is -2.08. The summed E-state index contributed by atoms with van der Waals surface area (Å²) in [6, 6.07) is 7.92. The first kappa shape index (κ1) is 12.1. The van der Waals surface area contributed by atoms with Gasteiger partial charge < -0.3 is 0 Å². The number of rotatable bonds is 4. The smallest absolute Gasteiger partial charge is 0.0662 e. The van der Waals surface area contributed by atoms with Crippen molar-refractivity contribution in [2.45, 2.75) is 31.2 Å². The molecule has 1 aromatic carbocycles. The Balaban J connectivity index is 1.88. The molecule has 0 spiro atoms. The summed E-state index contributed by atoms with van der Waals surface area (Å²) in [7, 11) is 0. The highest BCUT2D eigenvalue weighted by Gasteiger charge is 2.29. The molecule has 94 valence electrons. The number of hydrogen-bond acceptors (Lipinski definition) is 1. The van der Waals surface area contributed by atoms with Gasteiger partial charge in [0, 0.05) is 22.2 Å². The first-order valence-corrected chi connectivity index (χ1v) is 7.04. The number of aromatic nitrogens is 2. The van der Waals surface area contributed by atoms with E-state index in [1.54, 1.807) is 0 Å². The van der Waals surface area contributed by atoms with Crippen LogP contribution in [-0.4, -0.2) is 9.78 Å². The molecule has 1 saturated carbocycles. The van der Waals surface area contributed by atoms with Crippen LogP contribution in [0.4, 0.5) is 0 Å². The van der Waals surface area contributed by atoms with Gasteiger partial charge in [-0.25, -0.2) is 0 Å². The van der Waals surface area contributed by atoms with Crippen molar-refractivity contribution in [2.75, 3.05) is 0 Å². The lowest BCUT2D eigenvalue weighted by Crippen LogP contribution is -2.06. The Morgan fingerprint density at radius 1 is 1.22 bits per heavy atom. The second kappa shape index (κ2) is 4.94. The van der Waals surface area contributed by atoms with Crippen molar-refractivity contribution < 1.29 is 0 Å². The van der Waals surface area contributed by atoms with Gasteiger partial charge in [-0.1, -0.05) is 23.7 Å². The van der Waals surface area contributed by atoms with Crippen LogP contribution in [0.15, 0.2) is 30.5 Å². The van der Waals surface area contributed by atoms with Crippen LogP contribution in [0.3, 0.4) is 0 Å². The Bertz CT molecular complexity index is 541. The van der Waals surface area contributed by atoms with Crippen LogP contribution in [0, 0.1) is 0 Å². The highest BCUT2D eigenvalue weighted by atomic mass is 35.5. The van der Waals surface area contributed by atoms with Crippen molar-refractivity contribution in [2.24, 2.45) is 0 Å². The van der Waals surface area contributed by atoms with Crippen molar-refractivity contribution in [3.63, 3.8) is 0 Å². The fraction of sp³-hybridized carbons (Fsp3) is 0.357. The van der Waals surface area contributed by atoms with E-state index >= 15 is 0 Å². The average Bonchev–Trinajstić information content (AvgIpc) is 3.14. The van der Waals surface area contributed by atoms with Gasteiger partial charge in [-0.05, 0) is 30.5 Å². The molecule has 0 saturated heterocycles. The lowest BCUT2D eigenvalue weighted by atomic mass is 10.2. The minimum Gasteiger partial charge on any atom is -0.265 e. The zero-order valence-corrected chi connectivity index (χ0v) is 11.5. The van der Waals surface area contributed by atoms with Crippen LogP contribution in [-0.2, 0) is 12.4 Å². The third-order valence-corrected chi connectivity index (χ3v) is 3.85. The molecular formula is C14H14Cl2N2. The third kappa shape index (κ3) is 2.40. The normalized spacial score (nSPS) is 15.0. The molecule has 1 heterocycles. The summed E-state index contributed by atoms with van der Waals surface area (Å²) in [6.45, 7) is 0.792. The molecule has 0 N–H and O–H groups in total. The quantitative estimate of drug-likeness (QED) is 0.768. The predicted octanol–water partition coefficient (Wildman–Crippen LogP) is 4.20. The molecule has 0 aliphatic heterocycles. The van der Waals surface area contributed by atoms with Gasteiger partial charge in [0.25, 0.3) is 0 Å². The SMILES string of the molecule is ClCc1cnn(Cc2ccc(Cl)cc2)c1C1CC1. The van der Waals surface area contributed by atoms with Gasteiger partial charge in [-0.2, -0.15) is 5.10 Å². The molecule has 1 aliphatic rings. The molecule has 0 amide bonds. The predicted molar refractivity (Wildman–Crippen MR) is 74.3 cm³/mol. The molecule has 0 unspecified atom stereocenters. The molecule has 1 fully saturated rings. The number of nitrogens with zero attached hydrogens (tertiary/aromatic N) is 2. The molecule has 1 aromatic heterocycles. The number of hydrogen-bond donors (Lipinski definition) is 0. The van der Waals surface area contributed by atoms with Crippen molar-refractivity contribution in [1.29, 1.82) is 0 Å². The maximum absolute atomic E-state index is 5.97. The van der Waals surface area contributed by atoms with E-state index in [4.69, 9.17) is 23.2 Å². The van der Waals surface area contributed by atoms with E-state index in [2.05, 4.69) is 9.78 Å². The molecule has 18 heavy (non-hydrogen) atoms. The van der Waals surface area contributed by atoms with E-state index in [1.165, 1.54) is 29.7 Å². The molecule has 3 rings (SSSR count). The van der Waals surface area contributed by atoms with Crippen LogP contribution >= 0.6 is 23.2 Å². The van der Waals surface area contributed by atoms with Gasteiger partial charge in [0.05, 0.1) is 18.6 Å². The van der Waals surface area contributed by atoms with E-state index in [0.29, 0.717) is 11.8 Å². The molecule has 4 heteroatoms. The van der Waals surface area contributed by atoms with Crippen molar-refractivity contribution in [1.82, 2.24) is 9.78 Å². The van der Waals surface area contributed by atoms with E-state index < -0.39 is 0 Å². The van der Waals surface area contributed by atoms with Crippen LogP contribution in [0.1, 0.15) is 35.6 Å². The molecule has 1 aliphatic carbocycles. The minimum absolute atomic E-state index is 0.548. The van der Waals surface area contributed by atoms with Gasteiger partial charge in [0.2, 0.25) is 0 Å². The Morgan fingerprint density at radius 2 is 1.94 bits per heavy atom. The van der Waals surface area contributed by atoms with Gasteiger partial charge in [0.15, 0.2) is 0 Å². The molecule has 0 bridgehead atoms. The van der Waals surface area contributed by atoms with Gasteiger partial charge >= 0.3 is 0 Å². The van der Waals surface area contributed by atoms with Gasteiger partial charge in [-0.3, -0.25) is 4.68 Å². The summed E-state index contributed by atoms with van der Waals surface area (Å²) < 4.78 is 2.08. The second-order valence-electron chi connectivity index (χ2n) is 4.75. The number of benzene rings is 1. The monoisotopic (exact) mass is 280 g/mol. The highest BCUT2D eigenvalue weighted by Crippen LogP contribution is 2.42. The van der Waals surface area contributed by atoms with Crippen LogP contribution in [0.25, 0.3) is 0 Å². The summed E-state index contributed by atoms with van der Waals surface area (Å²) in [5, 5.41) is 5.23.